The third kappa shape index (κ3) is 3.68. The number of hydrogen-bond acceptors (Lipinski definition) is 4. The highest BCUT2D eigenvalue weighted by molar-refractivity contribution is 5.14. The van der Waals surface area contributed by atoms with Gasteiger partial charge in [0.05, 0.1) is 6.07 Å². The van der Waals surface area contributed by atoms with Crippen molar-refractivity contribution < 1.29 is 0 Å². The van der Waals surface area contributed by atoms with Crippen molar-refractivity contribution in [3.8, 4) is 6.07 Å². The normalized spacial score (nSPS) is 34.4. The number of nitriles is 1. The van der Waals surface area contributed by atoms with E-state index in [2.05, 4.69) is 42.1 Å². The van der Waals surface area contributed by atoms with E-state index >= 15 is 0 Å². The van der Waals surface area contributed by atoms with Gasteiger partial charge in [-0.2, -0.15) is 5.26 Å². The summed E-state index contributed by atoms with van der Waals surface area (Å²) in [5.41, 5.74) is -0.281. The van der Waals surface area contributed by atoms with Crippen molar-refractivity contribution in [3.05, 3.63) is 0 Å². The predicted octanol–water partition coefficient (Wildman–Crippen LogP) is 1.44. The maximum absolute atomic E-state index is 9.54. The SMILES string of the molecule is CC(C)NC1(C#N)CCC(N2CCCN(C)CC2)C1. The highest BCUT2D eigenvalue weighted by Crippen LogP contribution is 2.33. The molecule has 2 aliphatic rings. The van der Waals surface area contributed by atoms with Gasteiger partial charge in [0, 0.05) is 25.2 Å². The molecule has 2 rings (SSSR count). The minimum absolute atomic E-state index is 0.281. The molecule has 0 radical (unpaired) electrons. The Balaban J connectivity index is 1.95. The van der Waals surface area contributed by atoms with Gasteiger partial charge < -0.3 is 4.90 Å². The van der Waals surface area contributed by atoms with Crippen molar-refractivity contribution >= 4 is 0 Å². The Morgan fingerprint density at radius 2 is 2.05 bits per heavy atom. The standard InChI is InChI=1S/C15H28N4/c1-13(2)17-15(12-16)6-5-14(11-15)19-8-4-7-18(3)9-10-19/h13-14,17H,4-11H2,1-3H3. The molecule has 19 heavy (non-hydrogen) atoms. The van der Waals surface area contributed by atoms with Crippen molar-refractivity contribution in [1.29, 1.82) is 5.26 Å². The quantitative estimate of drug-likeness (QED) is 0.837. The van der Waals surface area contributed by atoms with Gasteiger partial charge in [-0.25, -0.2) is 0 Å². The first-order chi connectivity index (χ1) is 9.04. The number of likely N-dealkylation sites (N-methyl/N-ethyl adjacent to an activating group) is 1. The molecular formula is C15H28N4. The number of rotatable bonds is 3. The number of hydrogen-bond donors (Lipinski definition) is 1. The largest absolute Gasteiger partial charge is 0.305 e. The Morgan fingerprint density at radius 1 is 1.26 bits per heavy atom. The predicted molar refractivity (Wildman–Crippen MR) is 77.9 cm³/mol. The lowest BCUT2D eigenvalue weighted by Crippen LogP contribution is -2.47. The van der Waals surface area contributed by atoms with Crippen LogP contribution in [0, 0.1) is 11.3 Å². The minimum atomic E-state index is -0.281. The van der Waals surface area contributed by atoms with Crippen LogP contribution in [0.2, 0.25) is 0 Å². The van der Waals surface area contributed by atoms with E-state index in [0.29, 0.717) is 12.1 Å². The number of nitrogens with zero attached hydrogens (tertiary/aromatic N) is 3. The zero-order valence-corrected chi connectivity index (χ0v) is 12.7. The lowest BCUT2D eigenvalue weighted by Gasteiger charge is -2.30. The smallest absolute Gasteiger partial charge is 0.108 e. The molecule has 1 heterocycles. The van der Waals surface area contributed by atoms with Crippen molar-refractivity contribution in [2.24, 2.45) is 0 Å². The molecule has 108 valence electrons. The van der Waals surface area contributed by atoms with Crippen LogP contribution in [0.1, 0.15) is 39.5 Å². The molecule has 2 fully saturated rings. The molecule has 4 heteroatoms. The molecule has 4 nitrogen and oxygen atoms in total. The Morgan fingerprint density at radius 3 is 2.74 bits per heavy atom. The van der Waals surface area contributed by atoms with Gasteiger partial charge in [-0.05, 0) is 59.7 Å². The highest BCUT2D eigenvalue weighted by Gasteiger charge is 2.41. The lowest BCUT2D eigenvalue weighted by molar-refractivity contribution is 0.197. The van der Waals surface area contributed by atoms with Crippen LogP contribution in [0.25, 0.3) is 0 Å². The second-order valence-corrected chi connectivity index (χ2v) is 6.58. The Hall–Kier alpha value is -0.630. The first-order valence-corrected chi connectivity index (χ1v) is 7.66. The highest BCUT2D eigenvalue weighted by atomic mass is 15.2. The molecule has 2 atom stereocenters. The van der Waals surface area contributed by atoms with Gasteiger partial charge in [-0.3, -0.25) is 10.2 Å². The van der Waals surface area contributed by atoms with Crippen LogP contribution in [0.15, 0.2) is 0 Å². The summed E-state index contributed by atoms with van der Waals surface area (Å²) < 4.78 is 0. The van der Waals surface area contributed by atoms with E-state index in [9.17, 15) is 5.26 Å². The summed E-state index contributed by atoms with van der Waals surface area (Å²) in [4.78, 5) is 5.03. The molecule has 0 spiro atoms. The van der Waals surface area contributed by atoms with Crippen LogP contribution in [0.3, 0.4) is 0 Å². The van der Waals surface area contributed by atoms with Crippen LogP contribution in [0.5, 0.6) is 0 Å². The lowest BCUT2D eigenvalue weighted by atomic mass is 9.98. The molecule has 0 aromatic carbocycles. The zero-order chi connectivity index (χ0) is 13.9. The molecule has 0 bridgehead atoms. The Kier molecular flexibility index (Phi) is 4.83. The fourth-order valence-electron chi connectivity index (χ4n) is 3.58. The van der Waals surface area contributed by atoms with Crippen LogP contribution in [-0.4, -0.2) is 60.6 Å². The van der Waals surface area contributed by atoms with Gasteiger partial charge in [0.2, 0.25) is 0 Å². The first-order valence-electron chi connectivity index (χ1n) is 7.66. The summed E-state index contributed by atoms with van der Waals surface area (Å²) in [7, 11) is 2.21. The summed E-state index contributed by atoms with van der Waals surface area (Å²) in [5, 5.41) is 13.0. The fraction of sp³-hybridized carbons (Fsp3) is 0.933. The average molecular weight is 264 g/mol. The summed E-state index contributed by atoms with van der Waals surface area (Å²) in [6, 6.07) is 3.53. The van der Waals surface area contributed by atoms with Crippen molar-refractivity contribution in [1.82, 2.24) is 15.1 Å². The first kappa shape index (κ1) is 14.8. The van der Waals surface area contributed by atoms with E-state index in [1.807, 2.05) is 0 Å². The molecule has 1 N–H and O–H groups in total. The van der Waals surface area contributed by atoms with Crippen LogP contribution in [-0.2, 0) is 0 Å². The third-order valence-electron chi connectivity index (χ3n) is 4.54. The average Bonchev–Trinajstić information content (AvgIpc) is 2.65. The third-order valence-corrected chi connectivity index (χ3v) is 4.54. The molecule has 0 aromatic heterocycles. The summed E-state index contributed by atoms with van der Waals surface area (Å²) in [6.45, 7) is 8.98. The second-order valence-electron chi connectivity index (χ2n) is 6.58. The van der Waals surface area contributed by atoms with E-state index in [-0.39, 0.29) is 5.54 Å². The maximum atomic E-state index is 9.54. The summed E-state index contributed by atoms with van der Waals surface area (Å²) in [5.74, 6) is 0. The molecule has 2 unspecified atom stereocenters. The van der Waals surface area contributed by atoms with E-state index in [1.165, 1.54) is 19.5 Å². The molecule has 0 aromatic rings. The van der Waals surface area contributed by atoms with Gasteiger partial charge in [-0.15, -0.1) is 0 Å². The molecule has 0 amide bonds. The van der Waals surface area contributed by atoms with Crippen LogP contribution >= 0.6 is 0 Å². The van der Waals surface area contributed by atoms with E-state index in [0.717, 1.165) is 32.4 Å². The molecule has 1 saturated carbocycles. The molecular weight excluding hydrogens is 236 g/mol. The molecule has 1 aliphatic carbocycles. The van der Waals surface area contributed by atoms with Crippen molar-refractivity contribution in [3.63, 3.8) is 0 Å². The fourth-order valence-corrected chi connectivity index (χ4v) is 3.58. The van der Waals surface area contributed by atoms with Crippen LogP contribution in [0.4, 0.5) is 0 Å². The molecule has 1 saturated heterocycles. The van der Waals surface area contributed by atoms with Crippen molar-refractivity contribution in [2.75, 3.05) is 33.2 Å². The summed E-state index contributed by atoms with van der Waals surface area (Å²) in [6.07, 6.45) is 4.41. The van der Waals surface area contributed by atoms with E-state index in [1.54, 1.807) is 0 Å². The van der Waals surface area contributed by atoms with Crippen molar-refractivity contribution in [2.45, 2.75) is 57.2 Å². The molecule has 1 aliphatic heterocycles. The van der Waals surface area contributed by atoms with Crippen LogP contribution < -0.4 is 5.32 Å². The number of nitrogens with one attached hydrogen (secondary N) is 1. The van der Waals surface area contributed by atoms with Gasteiger partial charge in [0.25, 0.3) is 0 Å². The Bertz CT molecular complexity index is 336. The van der Waals surface area contributed by atoms with Gasteiger partial charge in [0.15, 0.2) is 0 Å². The zero-order valence-electron chi connectivity index (χ0n) is 12.7. The van der Waals surface area contributed by atoms with Gasteiger partial charge in [0.1, 0.15) is 5.54 Å². The van der Waals surface area contributed by atoms with Gasteiger partial charge in [-0.1, -0.05) is 0 Å². The Labute approximate surface area is 117 Å². The second kappa shape index (κ2) is 6.21. The maximum Gasteiger partial charge on any atom is 0.108 e. The topological polar surface area (TPSA) is 42.3 Å². The monoisotopic (exact) mass is 264 g/mol. The minimum Gasteiger partial charge on any atom is -0.305 e. The summed E-state index contributed by atoms with van der Waals surface area (Å²) >= 11 is 0. The van der Waals surface area contributed by atoms with E-state index < -0.39 is 0 Å². The van der Waals surface area contributed by atoms with E-state index in [4.69, 9.17) is 0 Å². The van der Waals surface area contributed by atoms with Gasteiger partial charge >= 0.3 is 0 Å².